The topological polar surface area (TPSA) is 79.4 Å². The van der Waals surface area contributed by atoms with Crippen molar-refractivity contribution in [3.05, 3.63) is 23.8 Å². The number of nitrogens with one attached hydrogen (secondary N) is 2. The lowest BCUT2D eigenvalue weighted by atomic mass is 10.1. The van der Waals surface area contributed by atoms with Crippen molar-refractivity contribution in [1.29, 1.82) is 0 Å². The molecular weight excluding hydrogens is 338 g/mol. The van der Waals surface area contributed by atoms with E-state index >= 15 is 0 Å². The molecule has 0 bridgehead atoms. The molecule has 1 atom stereocenters. The Hall–Kier alpha value is -2.35. The van der Waals surface area contributed by atoms with Crippen molar-refractivity contribution in [3.8, 4) is 5.75 Å². The molecule has 134 valence electrons. The van der Waals surface area contributed by atoms with E-state index in [0.717, 1.165) is 23.7 Å². The first-order chi connectivity index (χ1) is 12.1. The summed E-state index contributed by atoms with van der Waals surface area (Å²) in [5.41, 5.74) is 1.66. The molecule has 25 heavy (non-hydrogen) atoms. The molecule has 1 aromatic heterocycles. The summed E-state index contributed by atoms with van der Waals surface area (Å²) in [5.74, 6) is 0.612. The van der Waals surface area contributed by atoms with Crippen LogP contribution in [0.1, 0.15) is 31.7 Å². The maximum absolute atomic E-state index is 12.3. The molecule has 1 aromatic carbocycles. The fourth-order valence-electron chi connectivity index (χ4n) is 2.93. The SMILES string of the molecule is COc1ccc(C)cc1NC(=O)Nc1nnc(N2CCCCC2C)s1. The average Bonchev–Trinajstić information content (AvgIpc) is 3.03. The summed E-state index contributed by atoms with van der Waals surface area (Å²) in [6.45, 7) is 5.15. The van der Waals surface area contributed by atoms with Gasteiger partial charge in [-0.15, -0.1) is 10.2 Å². The maximum atomic E-state index is 12.3. The number of carbonyl (C=O) groups is 1. The lowest BCUT2D eigenvalue weighted by Crippen LogP contribution is -2.37. The normalized spacial score (nSPS) is 17.2. The second-order valence-corrected chi connectivity index (χ2v) is 7.17. The number of ether oxygens (including phenoxy) is 1. The Morgan fingerprint density at radius 2 is 2.16 bits per heavy atom. The highest BCUT2D eigenvalue weighted by Crippen LogP contribution is 2.30. The lowest BCUT2D eigenvalue weighted by Gasteiger charge is -2.32. The van der Waals surface area contributed by atoms with E-state index in [-0.39, 0.29) is 6.03 Å². The largest absolute Gasteiger partial charge is 0.495 e. The van der Waals surface area contributed by atoms with Crippen LogP contribution in [0.15, 0.2) is 18.2 Å². The van der Waals surface area contributed by atoms with Gasteiger partial charge in [-0.2, -0.15) is 0 Å². The van der Waals surface area contributed by atoms with Gasteiger partial charge in [0.15, 0.2) is 0 Å². The molecule has 2 N–H and O–H groups in total. The summed E-state index contributed by atoms with van der Waals surface area (Å²) in [6.07, 6.45) is 3.58. The molecular formula is C17H23N5O2S. The Morgan fingerprint density at radius 3 is 2.92 bits per heavy atom. The summed E-state index contributed by atoms with van der Waals surface area (Å²) < 4.78 is 5.27. The molecule has 0 spiro atoms. The fourth-order valence-corrected chi connectivity index (χ4v) is 3.80. The number of rotatable bonds is 4. The van der Waals surface area contributed by atoms with Gasteiger partial charge in [0.25, 0.3) is 0 Å². The van der Waals surface area contributed by atoms with Crippen molar-refractivity contribution in [2.45, 2.75) is 39.2 Å². The standard InChI is InChI=1S/C17H23N5O2S/c1-11-7-8-14(24-3)13(10-11)18-15(23)19-16-20-21-17(25-16)22-9-5-4-6-12(22)2/h7-8,10,12H,4-6,9H2,1-3H3,(H2,18,19,20,23). The van der Waals surface area contributed by atoms with Gasteiger partial charge in [-0.3, -0.25) is 5.32 Å². The smallest absolute Gasteiger partial charge is 0.325 e. The van der Waals surface area contributed by atoms with Gasteiger partial charge in [0, 0.05) is 12.6 Å². The fraction of sp³-hybridized carbons (Fsp3) is 0.471. The van der Waals surface area contributed by atoms with Gasteiger partial charge in [0.05, 0.1) is 12.8 Å². The van der Waals surface area contributed by atoms with Crippen LogP contribution in [0.4, 0.5) is 20.7 Å². The second kappa shape index (κ2) is 7.69. The molecule has 3 rings (SSSR count). The lowest BCUT2D eigenvalue weighted by molar-refractivity contribution is 0.262. The molecule has 2 heterocycles. The Morgan fingerprint density at radius 1 is 1.32 bits per heavy atom. The van der Waals surface area contributed by atoms with Gasteiger partial charge in [-0.25, -0.2) is 4.79 Å². The molecule has 0 saturated carbocycles. The third-order valence-corrected chi connectivity index (χ3v) is 5.16. The van der Waals surface area contributed by atoms with Crippen LogP contribution in [0.2, 0.25) is 0 Å². The minimum atomic E-state index is -0.363. The summed E-state index contributed by atoms with van der Waals surface area (Å²) in [6, 6.07) is 5.71. The Labute approximate surface area is 151 Å². The number of carbonyl (C=O) groups excluding carboxylic acids is 1. The average molecular weight is 361 g/mol. The number of benzene rings is 1. The number of urea groups is 1. The highest BCUT2D eigenvalue weighted by Gasteiger charge is 2.22. The third kappa shape index (κ3) is 4.19. The van der Waals surface area contributed by atoms with Crippen LogP contribution in [0.5, 0.6) is 5.75 Å². The van der Waals surface area contributed by atoms with Gasteiger partial charge >= 0.3 is 6.03 Å². The van der Waals surface area contributed by atoms with E-state index in [1.165, 1.54) is 24.2 Å². The van der Waals surface area contributed by atoms with E-state index in [1.54, 1.807) is 7.11 Å². The van der Waals surface area contributed by atoms with Gasteiger partial charge in [-0.05, 0) is 50.8 Å². The molecule has 0 radical (unpaired) electrons. The minimum absolute atomic E-state index is 0.363. The highest BCUT2D eigenvalue weighted by atomic mass is 32.1. The number of nitrogens with zero attached hydrogens (tertiary/aromatic N) is 3. The molecule has 2 aromatic rings. The number of hydrogen-bond acceptors (Lipinski definition) is 6. The van der Waals surface area contributed by atoms with Crippen molar-refractivity contribution >= 4 is 33.3 Å². The summed E-state index contributed by atoms with van der Waals surface area (Å²) in [4.78, 5) is 14.5. The minimum Gasteiger partial charge on any atom is -0.495 e. The Balaban J connectivity index is 1.65. The molecule has 0 aliphatic carbocycles. The van der Waals surface area contributed by atoms with Crippen LogP contribution < -0.4 is 20.3 Å². The Kier molecular flexibility index (Phi) is 5.37. The number of piperidine rings is 1. The number of anilines is 3. The molecule has 1 aliphatic heterocycles. The quantitative estimate of drug-likeness (QED) is 0.864. The van der Waals surface area contributed by atoms with Crippen LogP contribution in [0.25, 0.3) is 0 Å². The van der Waals surface area contributed by atoms with Crippen molar-refractivity contribution in [2.24, 2.45) is 0 Å². The van der Waals surface area contributed by atoms with E-state index < -0.39 is 0 Å². The number of aromatic nitrogens is 2. The number of methoxy groups -OCH3 is 1. The number of hydrogen-bond donors (Lipinski definition) is 2. The monoisotopic (exact) mass is 361 g/mol. The highest BCUT2D eigenvalue weighted by molar-refractivity contribution is 7.19. The van der Waals surface area contributed by atoms with Gasteiger partial charge < -0.3 is 15.0 Å². The van der Waals surface area contributed by atoms with Crippen molar-refractivity contribution < 1.29 is 9.53 Å². The van der Waals surface area contributed by atoms with Gasteiger partial charge in [-0.1, -0.05) is 17.4 Å². The van der Waals surface area contributed by atoms with Crippen LogP contribution in [0.3, 0.4) is 0 Å². The molecule has 1 fully saturated rings. The van der Waals surface area contributed by atoms with Crippen LogP contribution in [-0.4, -0.2) is 35.9 Å². The summed E-state index contributed by atoms with van der Waals surface area (Å²) >= 11 is 1.40. The first-order valence-corrected chi connectivity index (χ1v) is 9.21. The van der Waals surface area contributed by atoms with E-state index in [1.807, 2.05) is 25.1 Å². The third-order valence-electron chi connectivity index (χ3n) is 4.29. The van der Waals surface area contributed by atoms with Gasteiger partial charge in [0.1, 0.15) is 5.75 Å². The van der Waals surface area contributed by atoms with Crippen molar-refractivity contribution in [3.63, 3.8) is 0 Å². The molecule has 1 aliphatic rings. The van der Waals surface area contributed by atoms with Gasteiger partial charge in [0.2, 0.25) is 10.3 Å². The predicted molar refractivity (Wildman–Crippen MR) is 101 cm³/mol. The van der Waals surface area contributed by atoms with E-state index in [4.69, 9.17) is 4.74 Å². The van der Waals surface area contributed by atoms with E-state index in [0.29, 0.717) is 22.6 Å². The molecule has 8 heteroatoms. The zero-order valence-corrected chi connectivity index (χ0v) is 15.5. The predicted octanol–water partition coefficient (Wildman–Crippen LogP) is 3.88. The van der Waals surface area contributed by atoms with E-state index in [9.17, 15) is 4.79 Å². The Bertz CT molecular complexity index is 748. The van der Waals surface area contributed by atoms with E-state index in [2.05, 4.69) is 32.7 Å². The first-order valence-electron chi connectivity index (χ1n) is 8.39. The second-order valence-electron chi connectivity index (χ2n) is 6.21. The molecule has 7 nitrogen and oxygen atoms in total. The van der Waals surface area contributed by atoms with Crippen molar-refractivity contribution in [1.82, 2.24) is 10.2 Å². The van der Waals surface area contributed by atoms with Crippen LogP contribution in [-0.2, 0) is 0 Å². The zero-order chi connectivity index (χ0) is 17.8. The maximum Gasteiger partial charge on any atom is 0.325 e. The number of amides is 2. The summed E-state index contributed by atoms with van der Waals surface area (Å²) in [5, 5.41) is 15.2. The summed E-state index contributed by atoms with van der Waals surface area (Å²) in [7, 11) is 1.57. The molecule has 1 saturated heterocycles. The van der Waals surface area contributed by atoms with Crippen molar-refractivity contribution in [2.75, 3.05) is 29.2 Å². The molecule has 2 amide bonds. The van der Waals surface area contributed by atoms with Crippen LogP contribution in [0, 0.1) is 6.92 Å². The number of aryl methyl sites for hydroxylation is 1. The van der Waals surface area contributed by atoms with Crippen LogP contribution >= 0.6 is 11.3 Å². The zero-order valence-electron chi connectivity index (χ0n) is 14.7. The first kappa shape index (κ1) is 17.5. The molecule has 1 unspecified atom stereocenters.